The molecular formula is C17H18N2O4S. The standard InChI is InChI=1S/C17H18N2O4S/c1-12-17(20)19-15-11-13(7-8-16(15)23-12)9-10-18-24(21,22)14-5-3-2-4-6-14/h2-8,11-12,18H,9-10H2,1H3,(H,19,20). The monoisotopic (exact) mass is 346 g/mol. The number of ether oxygens (including phenoxy) is 1. The summed E-state index contributed by atoms with van der Waals surface area (Å²) in [5, 5.41) is 2.78. The van der Waals surface area contributed by atoms with E-state index in [2.05, 4.69) is 10.0 Å². The Hall–Kier alpha value is -2.38. The zero-order valence-corrected chi connectivity index (χ0v) is 14.0. The van der Waals surface area contributed by atoms with Crippen molar-refractivity contribution in [1.29, 1.82) is 0 Å². The van der Waals surface area contributed by atoms with Crippen LogP contribution in [0.2, 0.25) is 0 Å². The predicted octanol–water partition coefficient (Wildman–Crippen LogP) is 1.93. The van der Waals surface area contributed by atoms with Gasteiger partial charge < -0.3 is 10.1 Å². The largest absolute Gasteiger partial charge is 0.479 e. The van der Waals surface area contributed by atoms with Gasteiger partial charge in [-0.3, -0.25) is 4.79 Å². The molecule has 0 fully saturated rings. The Kier molecular flexibility index (Phi) is 4.55. The molecule has 2 aromatic rings. The molecule has 0 saturated heterocycles. The van der Waals surface area contributed by atoms with Crippen LogP contribution in [0.5, 0.6) is 5.75 Å². The van der Waals surface area contributed by atoms with E-state index in [0.717, 1.165) is 5.56 Å². The third kappa shape index (κ3) is 3.58. The number of nitrogens with one attached hydrogen (secondary N) is 2. The lowest BCUT2D eigenvalue weighted by molar-refractivity contribution is -0.122. The van der Waals surface area contributed by atoms with Gasteiger partial charge in [0.1, 0.15) is 5.75 Å². The highest BCUT2D eigenvalue weighted by Crippen LogP contribution is 2.30. The smallest absolute Gasteiger partial charge is 0.265 e. The van der Waals surface area contributed by atoms with Crippen molar-refractivity contribution in [2.45, 2.75) is 24.3 Å². The van der Waals surface area contributed by atoms with E-state index in [4.69, 9.17) is 4.74 Å². The topological polar surface area (TPSA) is 84.5 Å². The number of sulfonamides is 1. The highest BCUT2D eigenvalue weighted by atomic mass is 32.2. The average Bonchev–Trinajstić information content (AvgIpc) is 2.57. The lowest BCUT2D eigenvalue weighted by atomic mass is 10.1. The van der Waals surface area contributed by atoms with Crippen molar-refractivity contribution in [3.05, 3.63) is 54.1 Å². The molecule has 1 aliphatic rings. The molecule has 0 saturated carbocycles. The summed E-state index contributed by atoms with van der Waals surface area (Å²) in [4.78, 5) is 11.9. The van der Waals surface area contributed by atoms with E-state index in [-0.39, 0.29) is 17.3 Å². The number of fused-ring (bicyclic) bond motifs is 1. The summed E-state index contributed by atoms with van der Waals surface area (Å²) in [6.45, 7) is 1.95. The lowest BCUT2D eigenvalue weighted by Crippen LogP contribution is -2.34. The van der Waals surface area contributed by atoms with E-state index in [0.29, 0.717) is 17.9 Å². The van der Waals surface area contributed by atoms with Gasteiger partial charge in [-0.1, -0.05) is 24.3 Å². The van der Waals surface area contributed by atoms with Gasteiger partial charge in [0.2, 0.25) is 10.0 Å². The zero-order valence-electron chi connectivity index (χ0n) is 13.2. The molecule has 1 heterocycles. The van der Waals surface area contributed by atoms with E-state index in [1.807, 2.05) is 6.07 Å². The highest BCUT2D eigenvalue weighted by Gasteiger charge is 2.23. The van der Waals surface area contributed by atoms with Crippen molar-refractivity contribution in [3.8, 4) is 5.75 Å². The summed E-state index contributed by atoms with van der Waals surface area (Å²) < 4.78 is 32.4. The minimum absolute atomic E-state index is 0.190. The van der Waals surface area contributed by atoms with Gasteiger partial charge >= 0.3 is 0 Å². The van der Waals surface area contributed by atoms with Gasteiger partial charge in [0.15, 0.2) is 6.10 Å². The van der Waals surface area contributed by atoms with Gasteiger partial charge in [-0.2, -0.15) is 0 Å². The Labute approximate surface area is 140 Å². The number of benzene rings is 2. The van der Waals surface area contributed by atoms with Crippen molar-refractivity contribution in [1.82, 2.24) is 4.72 Å². The fourth-order valence-electron chi connectivity index (χ4n) is 2.42. The van der Waals surface area contributed by atoms with Crippen LogP contribution in [0.1, 0.15) is 12.5 Å². The van der Waals surface area contributed by atoms with Crippen LogP contribution < -0.4 is 14.8 Å². The first-order valence-electron chi connectivity index (χ1n) is 7.61. The molecular weight excluding hydrogens is 328 g/mol. The van der Waals surface area contributed by atoms with E-state index >= 15 is 0 Å². The second-order valence-corrected chi connectivity index (χ2v) is 7.31. The SMILES string of the molecule is CC1Oc2ccc(CCNS(=O)(=O)c3ccccc3)cc2NC1=O. The number of carbonyl (C=O) groups excluding carboxylic acids is 1. The molecule has 2 N–H and O–H groups in total. The van der Waals surface area contributed by atoms with E-state index < -0.39 is 16.1 Å². The Morgan fingerprint density at radius 1 is 1.17 bits per heavy atom. The van der Waals surface area contributed by atoms with Crippen molar-refractivity contribution in [2.75, 3.05) is 11.9 Å². The number of hydrogen-bond donors (Lipinski definition) is 2. The summed E-state index contributed by atoms with van der Waals surface area (Å²) in [5.74, 6) is 0.431. The van der Waals surface area contributed by atoms with Gasteiger partial charge in [-0.15, -0.1) is 0 Å². The molecule has 7 heteroatoms. The Balaban J connectivity index is 1.64. The maximum Gasteiger partial charge on any atom is 0.265 e. The Morgan fingerprint density at radius 3 is 2.67 bits per heavy atom. The molecule has 1 amide bonds. The predicted molar refractivity (Wildman–Crippen MR) is 90.5 cm³/mol. The highest BCUT2D eigenvalue weighted by molar-refractivity contribution is 7.89. The minimum Gasteiger partial charge on any atom is -0.479 e. The maximum absolute atomic E-state index is 12.1. The average molecular weight is 346 g/mol. The van der Waals surface area contributed by atoms with Gasteiger partial charge in [-0.05, 0) is 43.2 Å². The molecule has 126 valence electrons. The van der Waals surface area contributed by atoms with E-state index in [9.17, 15) is 13.2 Å². The quantitative estimate of drug-likeness (QED) is 0.866. The molecule has 3 rings (SSSR count). The zero-order chi connectivity index (χ0) is 17.2. The second-order valence-electron chi connectivity index (χ2n) is 5.54. The van der Waals surface area contributed by atoms with Crippen molar-refractivity contribution in [2.24, 2.45) is 0 Å². The van der Waals surface area contributed by atoms with Gasteiger partial charge in [0.05, 0.1) is 10.6 Å². The fourth-order valence-corrected chi connectivity index (χ4v) is 3.48. The second kappa shape index (κ2) is 6.62. The van der Waals surface area contributed by atoms with Crippen LogP contribution in [0.3, 0.4) is 0 Å². The normalized spacial score (nSPS) is 16.9. The molecule has 0 aromatic heterocycles. The van der Waals surface area contributed by atoms with Crippen LogP contribution in [-0.4, -0.2) is 27.0 Å². The van der Waals surface area contributed by atoms with Crippen molar-refractivity contribution < 1.29 is 17.9 Å². The molecule has 0 aliphatic carbocycles. The van der Waals surface area contributed by atoms with Crippen LogP contribution in [0, 0.1) is 0 Å². The third-order valence-corrected chi connectivity index (χ3v) is 5.21. The molecule has 1 unspecified atom stereocenters. The van der Waals surface area contributed by atoms with E-state index in [1.165, 1.54) is 0 Å². The van der Waals surface area contributed by atoms with Gasteiger partial charge in [0.25, 0.3) is 5.91 Å². The summed E-state index contributed by atoms with van der Waals surface area (Å²) in [7, 11) is -3.51. The van der Waals surface area contributed by atoms with Crippen LogP contribution in [0.15, 0.2) is 53.4 Å². The maximum atomic E-state index is 12.1. The molecule has 6 nitrogen and oxygen atoms in total. The number of rotatable bonds is 5. The summed E-state index contributed by atoms with van der Waals surface area (Å²) in [5.41, 5.74) is 1.52. The summed E-state index contributed by atoms with van der Waals surface area (Å²) in [6, 6.07) is 13.7. The van der Waals surface area contributed by atoms with Crippen LogP contribution in [0.25, 0.3) is 0 Å². The number of amides is 1. The number of anilines is 1. The first kappa shape index (κ1) is 16.5. The molecule has 1 atom stereocenters. The van der Waals surface area contributed by atoms with Gasteiger partial charge in [-0.25, -0.2) is 13.1 Å². The number of carbonyl (C=O) groups is 1. The molecule has 2 aromatic carbocycles. The minimum atomic E-state index is -3.51. The fraction of sp³-hybridized carbons (Fsp3) is 0.235. The molecule has 0 bridgehead atoms. The van der Waals surface area contributed by atoms with Crippen LogP contribution in [-0.2, 0) is 21.2 Å². The molecule has 0 spiro atoms. The lowest BCUT2D eigenvalue weighted by Gasteiger charge is -2.23. The first-order chi connectivity index (χ1) is 11.5. The molecule has 24 heavy (non-hydrogen) atoms. The Morgan fingerprint density at radius 2 is 1.92 bits per heavy atom. The first-order valence-corrected chi connectivity index (χ1v) is 9.09. The van der Waals surface area contributed by atoms with Crippen molar-refractivity contribution in [3.63, 3.8) is 0 Å². The van der Waals surface area contributed by atoms with E-state index in [1.54, 1.807) is 49.4 Å². The molecule has 0 radical (unpaired) electrons. The molecule has 1 aliphatic heterocycles. The van der Waals surface area contributed by atoms with Gasteiger partial charge in [0, 0.05) is 6.54 Å². The summed E-state index contributed by atoms with van der Waals surface area (Å²) >= 11 is 0. The Bertz CT molecular complexity index is 850. The number of hydrogen-bond acceptors (Lipinski definition) is 4. The van der Waals surface area contributed by atoms with Crippen molar-refractivity contribution >= 4 is 21.6 Å². The third-order valence-electron chi connectivity index (χ3n) is 3.73. The van der Waals surface area contributed by atoms with Crippen LogP contribution in [0.4, 0.5) is 5.69 Å². The van der Waals surface area contributed by atoms with Crippen LogP contribution >= 0.6 is 0 Å². The summed E-state index contributed by atoms with van der Waals surface area (Å²) in [6.07, 6.45) is -0.00820.